The van der Waals surface area contributed by atoms with Gasteiger partial charge in [-0.05, 0) is 0 Å². The molecule has 7 heteroatoms. The van der Waals surface area contributed by atoms with Crippen molar-refractivity contribution in [1.29, 1.82) is 0 Å². The number of rotatable bonds is 5. The van der Waals surface area contributed by atoms with Crippen LogP contribution in [0.25, 0.3) is 0 Å². The molecule has 0 unspecified atom stereocenters. The summed E-state index contributed by atoms with van der Waals surface area (Å²) in [5, 5.41) is 11.2. The number of hydrogen-bond donors (Lipinski definition) is 2. The van der Waals surface area contributed by atoms with E-state index in [9.17, 15) is 9.59 Å². The maximum absolute atomic E-state index is 11.5. The number of amides is 1. The average molecular weight is 286 g/mol. The molecule has 0 aliphatic heterocycles. The maximum atomic E-state index is 11.5. The molecule has 0 aliphatic carbocycles. The van der Waals surface area contributed by atoms with Crippen LogP contribution in [0.5, 0.6) is 11.5 Å². The van der Waals surface area contributed by atoms with Crippen LogP contribution in [0.3, 0.4) is 0 Å². The van der Waals surface area contributed by atoms with Gasteiger partial charge in [0, 0.05) is 24.3 Å². The van der Waals surface area contributed by atoms with Gasteiger partial charge in [0.1, 0.15) is 11.5 Å². The van der Waals surface area contributed by atoms with Crippen molar-refractivity contribution >= 4 is 29.2 Å². The minimum Gasteiger partial charge on any atom is -0.495 e. The van der Waals surface area contributed by atoms with E-state index in [2.05, 4.69) is 5.32 Å². The molecule has 0 heterocycles. The van der Waals surface area contributed by atoms with Gasteiger partial charge in [-0.1, -0.05) is 11.6 Å². The summed E-state index contributed by atoms with van der Waals surface area (Å²) in [6, 6.07) is 2.96. The molecule has 1 rings (SSSR count). The van der Waals surface area contributed by atoms with Crippen molar-refractivity contribution in [2.75, 3.05) is 19.5 Å². The molecule has 0 spiro atoms. The first-order chi connectivity index (χ1) is 8.97. The fraction of sp³-hybridized carbons (Fsp3) is 0.167. The molecule has 1 amide bonds. The van der Waals surface area contributed by atoms with E-state index in [4.69, 9.17) is 26.2 Å². The molecule has 2 N–H and O–H groups in total. The van der Waals surface area contributed by atoms with Gasteiger partial charge in [-0.2, -0.15) is 0 Å². The van der Waals surface area contributed by atoms with Crippen LogP contribution in [0.4, 0.5) is 5.69 Å². The van der Waals surface area contributed by atoms with Crippen LogP contribution in [0.1, 0.15) is 0 Å². The molecule has 0 aromatic heterocycles. The summed E-state index contributed by atoms with van der Waals surface area (Å²) in [7, 11) is 2.85. The number of carbonyl (C=O) groups excluding carboxylic acids is 1. The molecule has 1 aromatic carbocycles. The van der Waals surface area contributed by atoms with Crippen molar-refractivity contribution in [2.45, 2.75) is 0 Å². The van der Waals surface area contributed by atoms with E-state index < -0.39 is 11.9 Å². The van der Waals surface area contributed by atoms with Crippen LogP contribution < -0.4 is 14.8 Å². The van der Waals surface area contributed by atoms with Gasteiger partial charge < -0.3 is 19.9 Å². The van der Waals surface area contributed by atoms with Crippen molar-refractivity contribution in [1.82, 2.24) is 0 Å². The molecule has 0 atom stereocenters. The molecule has 0 saturated heterocycles. The van der Waals surface area contributed by atoms with E-state index in [1.807, 2.05) is 0 Å². The molecule has 0 bridgehead atoms. The Morgan fingerprint density at radius 2 is 1.84 bits per heavy atom. The lowest BCUT2D eigenvalue weighted by Gasteiger charge is -2.12. The van der Waals surface area contributed by atoms with Gasteiger partial charge in [-0.3, -0.25) is 4.79 Å². The lowest BCUT2D eigenvalue weighted by atomic mass is 10.2. The standard InChI is InChI=1S/C12H12ClNO5/c1-18-9-6-8(10(19-2)5-7(9)13)14-11(15)3-4-12(16)17/h3-6H,1-2H3,(H,14,15)(H,16,17)/b4-3+. The Morgan fingerprint density at radius 1 is 1.21 bits per heavy atom. The number of nitrogens with one attached hydrogen (secondary N) is 1. The lowest BCUT2D eigenvalue weighted by molar-refractivity contribution is -0.131. The second-order valence-electron chi connectivity index (χ2n) is 3.35. The molecule has 19 heavy (non-hydrogen) atoms. The van der Waals surface area contributed by atoms with E-state index in [0.717, 1.165) is 12.2 Å². The quantitative estimate of drug-likeness (QED) is 0.808. The Kier molecular flexibility index (Phi) is 5.20. The third-order valence-electron chi connectivity index (χ3n) is 2.11. The SMILES string of the molecule is COc1cc(NC(=O)/C=C/C(=O)O)c(OC)cc1Cl. The topological polar surface area (TPSA) is 84.9 Å². The summed E-state index contributed by atoms with van der Waals surface area (Å²) in [5.74, 6) is -1.12. The highest BCUT2D eigenvalue weighted by atomic mass is 35.5. The normalized spacial score (nSPS) is 10.3. The minimum absolute atomic E-state index is 0.323. The lowest BCUT2D eigenvalue weighted by Crippen LogP contribution is -2.10. The van der Waals surface area contributed by atoms with E-state index in [1.165, 1.54) is 26.4 Å². The monoisotopic (exact) mass is 285 g/mol. The zero-order valence-corrected chi connectivity index (χ0v) is 11.0. The summed E-state index contributed by atoms with van der Waals surface area (Å²) < 4.78 is 10.1. The number of methoxy groups -OCH3 is 2. The highest BCUT2D eigenvalue weighted by Crippen LogP contribution is 2.35. The summed E-state index contributed by atoms with van der Waals surface area (Å²) in [5.41, 5.74) is 0.323. The van der Waals surface area contributed by atoms with Crippen molar-refractivity contribution in [3.8, 4) is 11.5 Å². The summed E-state index contributed by atoms with van der Waals surface area (Å²) >= 11 is 5.91. The third-order valence-corrected chi connectivity index (χ3v) is 2.40. The second-order valence-corrected chi connectivity index (χ2v) is 3.76. The molecule has 0 radical (unpaired) electrons. The van der Waals surface area contributed by atoms with Crippen LogP contribution in [0, 0.1) is 0 Å². The minimum atomic E-state index is -1.21. The highest BCUT2D eigenvalue weighted by molar-refractivity contribution is 6.32. The number of carboxylic acid groups (broad SMARTS) is 1. The predicted molar refractivity (Wildman–Crippen MR) is 70.0 cm³/mol. The summed E-state index contributed by atoms with van der Waals surface area (Å²) in [4.78, 5) is 21.8. The van der Waals surface area contributed by atoms with E-state index >= 15 is 0 Å². The van der Waals surface area contributed by atoms with Crippen molar-refractivity contribution in [2.24, 2.45) is 0 Å². The van der Waals surface area contributed by atoms with Crippen molar-refractivity contribution < 1.29 is 24.2 Å². The smallest absolute Gasteiger partial charge is 0.328 e. The Bertz CT molecular complexity index is 527. The number of aliphatic carboxylic acids is 1. The first kappa shape index (κ1) is 14.8. The molecule has 6 nitrogen and oxygen atoms in total. The summed E-state index contributed by atoms with van der Waals surface area (Å²) in [6.45, 7) is 0. The molecule has 0 fully saturated rings. The largest absolute Gasteiger partial charge is 0.495 e. The van der Waals surface area contributed by atoms with Gasteiger partial charge >= 0.3 is 5.97 Å². The summed E-state index contributed by atoms with van der Waals surface area (Å²) in [6.07, 6.45) is 1.62. The zero-order valence-electron chi connectivity index (χ0n) is 10.3. The predicted octanol–water partition coefficient (Wildman–Crippen LogP) is 1.94. The fourth-order valence-corrected chi connectivity index (χ4v) is 1.51. The van der Waals surface area contributed by atoms with Gasteiger partial charge in [0.25, 0.3) is 0 Å². The number of benzene rings is 1. The fourth-order valence-electron chi connectivity index (χ4n) is 1.28. The molecular formula is C12H12ClNO5. The van der Waals surface area contributed by atoms with Gasteiger partial charge in [-0.25, -0.2) is 4.79 Å². The highest BCUT2D eigenvalue weighted by Gasteiger charge is 2.11. The number of anilines is 1. The van der Waals surface area contributed by atoms with Crippen molar-refractivity contribution in [3.05, 3.63) is 29.3 Å². The number of halogens is 1. The Morgan fingerprint density at radius 3 is 2.37 bits per heavy atom. The number of ether oxygens (including phenoxy) is 2. The van der Waals surface area contributed by atoms with Crippen LogP contribution in [0.2, 0.25) is 5.02 Å². The number of hydrogen-bond acceptors (Lipinski definition) is 4. The van der Waals surface area contributed by atoms with Gasteiger partial charge in [0.05, 0.1) is 24.9 Å². The van der Waals surface area contributed by atoms with Crippen LogP contribution in [0.15, 0.2) is 24.3 Å². The molecular weight excluding hydrogens is 274 g/mol. The third kappa shape index (κ3) is 4.18. The average Bonchev–Trinajstić information content (AvgIpc) is 2.37. The van der Waals surface area contributed by atoms with E-state index in [0.29, 0.717) is 22.2 Å². The Balaban J connectivity index is 2.99. The molecule has 0 aliphatic rings. The van der Waals surface area contributed by atoms with E-state index in [1.54, 1.807) is 0 Å². The van der Waals surface area contributed by atoms with Gasteiger partial charge in [0.2, 0.25) is 5.91 Å². The van der Waals surface area contributed by atoms with E-state index in [-0.39, 0.29) is 0 Å². The first-order valence-electron chi connectivity index (χ1n) is 5.11. The maximum Gasteiger partial charge on any atom is 0.328 e. The zero-order chi connectivity index (χ0) is 14.4. The van der Waals surface area contributed by atoms with Crippen LogP contribution in [-0.2, 0) is 9.59 Å². The van der Waals surface area contributed by atoms with Gasteiger partial charge in [0.15, 0.2) is 0 Å². The molecule has 1 aromatic rings. The van der Waals surface area contributed by atoms with Gasteiger partial charge in [-0.15, -0.1) is 0 Å². The van der Waals surface area contributed by atoms with Crippen LogP contribution in [-0.4, -0.2) is 31.2 Å². The molecule has 102 valence electrons. The molecule has 0 saturated carbocycles. The number of carbonyl (C=O) groups is 2. The van der Waals surface area contributed by atoms with Crippen LogP contribution >= 0.6 is 11.6 Å². The Labute approximate surface area is 114 Å². The number of carboxylic acids is 1. The second kappa shape index (κ2) is 6.65. The van der Waals surface area contributed by atoms with Crippen molar-refractivity contribution in [3.63, 3.8) is 0 Å². The first-order valence-corrected chi connectivity index (χ1v) is 5.49. The Hall–Kier alpha value is -2.21.